The maximum Gasteiger partial charge on any atom is 0.417 e. The zero-order chi connectivity index (χ0) is 16.7. The summed E-state index contributed by atoms with van der Waals surface area (Å²) in [6, 6.07) is 3.60. The predicted octanol–water partition coefficient (Wildman–Crippen LogP) is 1.96. The summed E-state index contributed by atoms with van der Waals surface area (Å²) >= 11 is 0. The average molecular weight is 321 g/mol. The van der Waals surface area contributed by atoms with Gasteiger partial charge in [0.05, 0.1) is 29.9 Å². The molecule has 0 amide bonds. The van der Waals surface area contributed by atoms with Crippen molar-refractivity contribution in [3.05, 3.63) is 33.8 Å². The molecule has 1 aliphatic carbocycles. The van der Waals surface area contributed by atoms with Crippen LogP contribution in [0.3, 0.4) is 0 Å². The van der Waals surface area contributed by atoms with Gasteiger partial charge >= 0.3 is 5.76 Å². The van der Waals surface area contributed by atoms with Crippen molar-refractivity contribution in [3.63, 3.8) is 0 Å². The van der Waals surface area contributed by atoms with Crippen LogP contribution >= 0.6 is 0 Å². The molecule has 3 N–H and O–H groups in total. The number of benzene rings is 1. The minimum Gasteiger partial charge on any atom is -0.408 e. The zero-order valence-electron chi connectivity index (χ0n) is 13.5. The molecule has 0 spiro atoms. The van der Waals surface area contributed by atoms with E-state index in [-0.39, 0.29) is 12.2 Å². The smallest absolute Gasteiger partial charge is 0.408 e. The highest BCUT2D eigenvalue weighted by Crippen LogP contribution is 2.44. The summed E-state index contributed by atoms with van der Waals surface area (Å²) in [6.07, 6.45) is 2.54. The third kappa shape index (κ3) is 3.06. The summed E-state index contributed by atoms with van der Waals surface area (Å²) in [4.78, 5) is 14.0. The van der Waals surface area contributed by atoms with Crippen LogP contribution < -0.4 is 5.76 Å². The van der Waals surface area contributed by atoms with Crippen molar-refractivity contribution < 1.29 is 19.4 Å². The SMILES string of the molecule is Cc1cc2[nH]c(=O)oc2cc1C1(O)CCC(C)(OCCO)CC1. The van der Waals surface area contributed by atoms with Crippen molar-refractivity contribution in [3.8, 4) is 0 Å². The van der Waals surface area contributed by atoms with Gasteiger partial charge in [0, 0.05) is 0 Å². The third-order valence-corrected chi connectivity index (χ3v) is 4.94. The van der Waals surface area contributed by atoms with Crippen LogP contribution in [0.15, 0.2) is 21.3 Å². The first kappa shape index (κ1) is 16.2. The first-order valence-electron chi connectivity index (χ1n) is 7.96. The molecule has 126 valence electrons. The minimum atomic E-state index is -0.948. The van der Waals surface area contributed by atoms with Crippen LogP contribution in [0.25, 0.3) is 11.1 Å². The molecule has 2 aromatic rings. The molecule has 0 radical (unpaired) electrons. The summed E-state index contributed by atoms with van der Waals surface area (Å²) in [5.74, 6) is -0.489. The Morgan fingerprint density at radius 3 is 2.65 bits per heavy atom. The van der Waals surface area contributed by atoms with Gasteiger partial charge in [-0.2, -0.15) is 0 Å². The molecule has 0 unspecified atom stereocenters. The second kappa shape index (κ2) is 5.78. The lowest BCUT2D eigenvalue weighted by atomic mass is 9.72. The van der Waals surface area contributed by atoms with Crippen molar-refractivity contribution in [2.75, 3.05) is 13.2 Å². The molecule has 0 bridgehead atoms. The van der Waals surface area contributed by atoms with Crippen molar-refractivity contribution in [2.45, 2.75) is 50.7 Å². The van der Waals surface area contributed by atoms with E-state index in [0.29, 0.717) is 43.4 Å². The van der Waals surface area contributed by atoms with Crippen LogP contribution in [0.2, 0.25) is 0 Å². The number of aryl methyl sites for hydroxylation is 1. The monoisotopic (exact) mass is 321 g/mol. The topological polar surface area (TPSA) is 95.7 Å². The van der Waals surface area contributed by atoms with Crippen LogP contribution in [0.4, 0.5) is 0 Å². The average Bonchev–Trinajstić information content (AvgIpc) is 2.87. The van der Waals surface area contributed by atoms with Crippen LogP contribution in [-0.2, 0) is 10.3 Å². The van der Waals surface area contributed by atoms with Gasteiger partial charge in [0.15, 0.2) is 5.58 Å². The van der Waals surface area contributed by atoms with E-state index < -0.39 is 11.4 Å². The highest BCUT2D eigenvalue weighted by atomic mass is 16.5. The maximum absolute atomic E-state index is 11.3. The fraction of sp³-hybridized carbons (Fsp3) is 0.588. The van der Waals surface area contributed by atoms with Gasteiger partial charge < -0.3 is 19.4 Å². The van der Waals surface area contributed by atoms with Crippen molar-refractivity contribution in [1.29, 1.82) is 0 Å². The number of hydrogen-bond donors (Lipinski definition) is 3. The summed E-state index contributed by atoms with van der Waals surface area (Å²) in [7, 11) is 0. The van der Waals surface area contributed by atoms with Crippen molar-refractivity contribution in [2.24, 2.45) is 0 Å². The molecule has 1 aromatic carbocycles. The van der Waals surface area contributed by atoms with Crippen molar-refractivity contribution in [1.82, 2.24) is 4.98 Å². The summed E-state index contributed by atoms with van der Waals surface area (Å²) in [6.45, 7) is 4.26. The molecule has 0 atom stereocenters. The highest BCUT2D eigenvalue weighted by Gasteiger charge is 2.41. The molecule has 23 heavy (non-hydrogen) atoms. The number of rotatable bonds is 4. The van der Waals surface area contributed by atoms with Gasteiger partial charge in [-0.1, -0.05) is 0 Å². The number of oxazole rings is 1. The van der Waals surface area contributed by atoms with Gasteiger partial charge in [-0.25, -0.2) is 4.79 Å². The molecule has 0 aliphatic heterocycles. The van der Waals surface area contributed by atoms with E-state index in [9.17, 15) is 9.90 Å². The van der Waals surface area contributed by atoms with Gasteiger partial charge in [-0.15, -0.1) is 0 Å². The molecule has 1 heterocycles. The van der Waals surface area contributed by atoms with Gasteiger partial charge in [-0.05, 0) is 62.8 Å². The second-order valence-corrected chi connectivity index (χ2v) is 6.73. The summed E-state index contributed by atoms with van der Waals surface area (Å²) in [5.41, 5.74) is 1.58. The molecule has 1 aliphatic rings. The number of ether oxygens (including phenoxy) is 1. The lowest BCUT2D eigenvalue weighted by molar-refractivity contribution is -0.116. The Hall–Kier alpha value is -1.63. The number of aliphatic hydroxyl groups is 2. The highest BCUT2D eigenvalue weighted by molar-refractivity contribution is 5.74. The number of fused-ring (bicyclic) bond motifs is 1. The van der Waals surface area contributed by atoms with Crippen LogP contribution in [0.5, 0.6) is 0 Å². The quantitative estimate of drug-likeness (QED) is 0.800. The number of aromatic amines is 1. The predicted molar refractivity (Wildman–Crippen MR) is 85.4 cm³/mol. The maximum atomic E-state index is 11.3. The normalized spacial score (nSPS) is 28.3. The largest absolute Gasteiger partial charge is 0.417 e. The van der Waals surface area contributed by atoms with Gasteiger partial charge in [0.2, 0.25) is 0 Å². The molecule has 6 nitrogen and oxygen atoms in total. The van der Waals surface area contributed by atoms with E-state index in [1.54, 1.807) is 6.07 Å². The fourth-order valence-electron chi connectivity index (χ4n) is 3.51. The molecule has 0 saturated heterocycles. The Balaban J connectivity index is 1.87. The molecule has 1 aromatic heterocycles. The number of aromatic nitrogens is 1. The van der Waals surface area contributed by atoms with E-state index >= 15 is 0 Å². The second-order valence-electron chi connectivity index (χ2n) is 6.73. The Labute approximate surface area is 134 Å². The Bertz CT molecular complexity index is 752. The van der Waals surface area contributed by atoms with E-state index in [1.165, 1.54) is 0 Å². The fourth-order valence-corrected chi connectivity index (χ4v) is 3.51. The molecule has 3 rings (SSSR count). The van der Waals surface area contributed by atoms with Gasteiger partial charge in [0.1, 0.15) is 0 Å². The molecular weight excluding hydrogens is 298 g/mol. The van der Waals surface area contributed by atoms with Crippen LogP contribution in [0.1, 0.15) is 43.7 Å². The first-order valence-corrected chi connectivity index (χ1v) is 7.96. The third-order valence-electron chi connectivity index (χ3n) is 4.94. The van der Waals surface area contributed by atoms with E-state index in [4.69, 9.17) is 14.3 Å². The van der Waals surface area contributed by atoms with Gasteiger partial charge in [0.25, 0.3) is 0 Å². The number of nitrogens with one attached hydrogen (secondary N) is 1. The molecule has 1 saturated carbocycles. The van der Waals surface area contributed by atoms with Crippen molar-refractivity contribution >= 4 is 11.1 Å². The Morgan fingerprint density at radius 1 is 1.30 bits per heavy atom. The summed E-state index contributed by atoms with van der Waals surface area (Å²) in [5, 5.41) is 20.0. The standard InChI is InChI=1S/C17H23NO5/c1-11-9-13-14(23-15(20)18-13)10-12(11)17(21)5-3-16(2,4-6-17)22-8-7-19/h9-10,19,21H,3-8H2,1-2H3,(H,18,20). The number of aliphatic hydroxyl groups excluding tert-OH is 1. The lowest BCUT2D eigenvalue weighted by Gasteiger charge is -2.42. The number of H-pyrrole nitrogens is 1. The molecule has 6 heteroatoms. The van der Waals surface area contributed by atoms with Crippen LogP contribution in [0, 0.1) is 6.92 Å². The van der Waals surface area contributed by atoms with Gasteiger partial charge in [-0.3, -0.25) is 4.98 Å². The Morgan fingerprint density at radius 2 is 2.00 bits per heavy atom. The van der Waals surface area contributed by atoms with Crippen LogP contribution in [-0.4, -0.2) is 34.0 Å². The molecular formula is C17H23NO5. The van der Waals surface area contributed by atoms with E-state index in [0.717, 1.165) is 11.1 Å². The van der Waals surface area contributed by atoms with E-state index in [1.807, 2.05) is 19.9 Å². The van der Waals surface area contributed by atoms with E-state index in [2.05, 4.69) is 4.98 Å². The number of hydrogen-bond acceptors (Lipinski definition) is 5. The zero-order valence-corrected chi connectivity index (χ0v) is 13.5. The first-order chi connectivity index (χ1) is 10.9. The minimum absolute atomic E-state index is 0.00214. The lowest BCUT2D eigenvalue weighted by Crippen LogP contribution is -2.42. The molecule has 1 fully saturated rings. The summed E-state index contributed by atoms with van der Waals surface area (Å²) < 4.78 is 10.8. The Kier molecular flexibility index (Phi) is 4.08.